The molecule has 0 heterocycles. The van der Waals surface area contributed by atoms with Crippen LogP contribution in [0.5, 0.6) is 0 Å². The predicted octanol–water partition coefficient (Wildman–Crippen LogP) is 5.88. The van der Waals surface area contributed by atoms with E-state index in [-0.39, 0.29) is 0 Å². The van der Waals surface area contributed by atoms with Crippen LogP contribution in [-0.2, 0) is 0 Å². The second-order valence-electron chi connectivity index (χ2n) is 6.06. The van der Waals surface area contributed by atoms with Crippen LogP contribution >= 0.6 is 0 Å². The van der Waals surface area contributed by atoms with E-state index in [0.717, 1.165) is 11.1 Å². The topological polar surface area (TPSA) is 26.0 Å². The highest BCUT2D eigenvalue weighted by molar-refractivity contribution is 6.29. The van der Waals surface area contributed by atoms with E-state index < -0.39 is 0 Å². The van der Waals surface area contributed by atoms with Crippen molar-refractivity contribution in [1.82, 2.24) is 0 Å². The van der Waals surface area contributed by atoms with Crippen molar-refractivity contribution in [2.45, 2.75) is 0 Å². The van der Waals surface area contributed by atoms with Gasteiger partial charge in [-0.25, -0.2) is 0 Å². The van der Waals surface area contributed by atoms with Gasteiger partial charge in [0.25, 0.3) is 0 Å². The molecule has 108 valence electrons. The molecule has 0 saturated heterocycles. The normalized spacial score (nSPS) is 11.7. The Kier molecular flexibility index (Phi) is 2.42. The van der Waals surface area contributed by atoms with Crippen LogP contribution in [0.1, 0.15) is 0 Å². The molecule has 0 radical (unpaired) electrons. The summed E-state index contributed by atoms with van der Waals surface area (Å²) in [6.45, 7) is 0. The molecule has 23 heavy (non-hydrogen) atoms. The van der Waals surface area contributed by atoms with Gasteiger partial charge in [0.15, 0.2) is 0 Å². The maximum absolute atomic E-state index is 6.36. The predicted molar refractivity (Wildman–Crippen MR) is 101 cm³/mol. The molecular weight excluding hydrogens is 278 g/mol. The van der Waals surface area contributed by atoms with Gasteiger partial charge in [-0.05, 0) is 55.9 Å². The van der Waals surface area contributed by atoms with Crippen LogP contribution < -0.4 is 5.73 Å². The third-order valence-corrected chi connectivity index (χ3v) is 4.76. The molecule has 0 atom stereocenters. The second kappa shape index (κ2) is 4.47. The minimum absolute atomic E-state index is 0.841. The zero-order valence-electron chi connectivity index (χ0n) is 12.6. The number of benzene rings is 5. The molecule has 0 spiro atoms. The molecule has 0 unspecified atom stereocenters. The summed E-state index contributed by atoms with van der Waals surface area (Å²) >= 11 is 0. The summed E-state index contributed by atoms with van der Waals surface area (Å²) in [7, 11) is 0. The Morgan fingerprint density at radius 1 is 0.478 bits per heavy atom. The highest BCUT2D eigenvalue weighted by Crippen LogP contribution is 2.39. The fraction of sp³-hybridized carbons (Fsp3) is 0. The van der Waals surface area contributed by atoms with Crippen molar-refractivity contribution in [1.29, 1.82) is 0 Å². The molecule has 0 aliphatic heterocycles. The first-order valence-corrected chi connectivity index (χ1v) is 7.84. The number of fused-ring (bicyclic) bond motifs is 7. The van der Waals surface area contributed by atoms with Gasteiger partial charge in [0.05, 0.1) is 0 Å². The third kappa shape index (κ3) is 1.68. The number of nitrogens with two attached hydrogens (primary N) is 1. The number of nitrogen functional groups attached to an aromatic ring is 1. The van der Waals surface area contributed by atoms with E-state index in [0.29, 0.717) is 0 Å². The molecule has 5 aromatic rings. The van der Waals surface area contributed by atoms with Crippen molar-refractivity contribution in [2.24, 2.45) is 0 Å². The van der Waals surface area contributed by atoms with Gasteiger partial charge in [0.1, 0.15) is 0 Å². The molecule has 5 rings (SSSR count). The minimum atomic E-state index is 0.841. The Balaban J connectivity index is 2.19. The van der Waals surface area contributed by atoms with Gasteiger partial charge >= 0.3 is 0 Å². The van der Waals surface area contributed by atoms with Crippen LogP contribution in [0.25, 0.3) is 43.1 Å². The van der Waals surface area contributed by atoms with E-state index in [1.807, 2.05) is 12.1 Å². The average Bonchev–Trinajstić information content (AvgIpc) is 2.60. The number of rotatable bonds is 0. The van der Waals surface area contributed by atoms with Crippen molar-refractivity contribution >= 4 is 48.8 Å². The molecule has 1 nitrogen and oxygen atoms in total. The van der Waals surface area contributed by atoms with E-state index in [2.05, 4.69) is 66.7 Å². The van der Waals surface area contributed by atoms with Gasteiger partial charge in [-0.3, -0.25) is 0 Å². The van der Waals surface area contributed by atoms with Gasteiger partial charge < -0.3 is 5.73 Å². The van der Waals surface area contributed by atoms with Crippen molar-refractivity contribution in [3.63, 3.8) is 0 Å². The summed E-state index contributed by atoms with van der Waals surface area (Å²) in [4.78, 5) is 0. The summed E-state index contributed by atoms with van der Waals surface area (Å²) in [5.74, 6) is 0. The fourth-order valence-electron chi connectivity index (χ4n) is 3.72. The van der Waals surface area contributed by atoms with Gasteiger partial charge in [0.2, 0.25) is 0 Å². The highest BCUT2D eigenvalue weighted by Gasteiger charge is 2.11. The zero-order chi connectivity index (χ0) is 15.4. The van der Waals surface area contributed by atoms with Gasteiger partial charge in [-0.1, -0.05) is 60.7 Å². The molecule has 0 aliphatic carbocycles. The molecule has 5 aromatic carbocycles. The number of hydrogen-bond acceptors (Lipinski definition) is 1. The van der Waals surface area contributed by atoms with E-state index in [4.69, 9.17) is 5.73 Å². The quantitative estimate of drug-likeness (QED) is 0.215. The molecule has 1 heteroatoms. The summed E-state index contributed by atoms with van der Waals surface area (Å²) < 4.78 is 0. The second-order valence-corrected chi connectivity index (χ2v) is 6.06. The van der Waals surface area contributed by atoms with E-state index in [1.54, 1.807) is 0 Å². The Morgan fingerprint density at radius 2 is 1.04 bits per heavy atom. The van der Waals surface area contributed by atoms with E-state index >= 15 is 0 Å². The molecular formula is C22H15N. The lowest BCUT2D eigenvalue weighted by Crippen LogP contribution is -1.90. The van der Waals surface area contributed by atoms with Gasteiger partial charge in [-0.2, -0.15) is 0 Å². The lowest BCUT2D eigenvalue weighted by Gasteiger charge is -2.13. The van der Waals surface area contributed by atoms with Crippen LogP contribution in [-0.4, -0.2) is 0 Å². The number of anilines is 1. The standard InChI is InChI=1S/C22H15N/c23-21-11-5-10-18-16-8-3-4-9-17(16)19-12-14-6-1-2-7-15(14)13-20(19)22(18)21/h1-13H,23H2. The summed E-state index contributed by atoms with van der Waals surface area (Å²) in [5.41, 5.74) is 7.20. The van der Waals surface area contributed by atoms with Crippen molar-refractivity contribution < 1.29 is 0 Å². The summed E-state index contributed by atoms with van der Waals surface area (Å²) in [5, 5.41) is 9.94. The zero-order valence-corrected chi connectivity index (χ0v) is 12.6. The fourth-order valence-corrected chi connectivity index (χ4v) is 3.72. The lowest BCUT2D eigenvalue weighted by atomic mass is 9.92. The first-order valence-electron chi connectivity index (χ1n) is 7.84. The molecule has 0 aromatic heterocycles. The molecule has 0 amide bonds. The molecule has 0 aliphatic rings. The first-order chi connectivity index (χ1) is 11.3. The summed E-state index contributed by atoms with van der Waals surface area (Å²) in [6, 6.07) is 27.9. The minimum Gasteiger partial charge on any atom is -0.398 e. The van der Waals surface area contributed by atoms with Crippen LogP contribution in [0.15, 0.2) is 78.9 Å². The first kappa shape index (κ1) is 12.5. The lowest BCUT2D eigenvalue weighted by molar-refractivity contribution is 1.76. The van der Waals surface area contributed by atoms with Crippen LogP contribution in [0.3, 0.4) is 0 Å². The average molecular weight is 293 g/mol. The maximum Gasteiger partial charge on any atom is 0.0400 e. The van der Waals surface area contributed by atoms with E-state index in [9.17, 15) is 0 Å². The summed E-state index contributed by atoms with van der Waals surface area (Å²) in [6.07, 6.45) is 0. The molecule has 0 saturated carbocycles. The van der Waals surface area contributed by atoms with Crippen LogP contribution in [0, 0.1) is 0 Å². The van der Waals surface area contributed by atoms with Crippen LogP contribution in [0.2, 0.25) is 0 Å². The Bertz CT molecular complexity index is 1220. The Labute approximate surface area is 133 Å². The van der Waals surface area contributed by atoms with E-state index in [1.165, 1.54) is 37.7 Å². The SMILES string of the molecule is Nc1cccc2c3ccccc3c3cc4ccccc4cc3c12. The highest BCUT2D eigenvalue weighted by atomic mass is 14.5. The van der Waals surface area contributed by atoms with Crippen LogP contribution in [0.4, 0.5) is 5.69 Å². The number of hydrogen-bond donors (Lipinski definition) is 1. The van der Waals surface area contributed by atoms with Crippen molar-refractivity contribution in [3.05, 3.63) is 78.9 Å². The molecule has 2 N–H and O–H groups in total. The Hall–Kier alpha value is -3.06. The Morgan fingerprint density at radius 3 is 1.78 bits per heavy atom. The van der Waals surface area contributed by atoms with Gasteiger partial charge in [-0.15, -0.1) is 0 Å². The third-order valence-electron chi connectivity index (χ3n) is 4.76. The maximum atomic E-state index is 6.36. The van der Waals surface area contributed by atoms with Crippen molar-refractivity contribution in [3.8, 4) is 0 Å². The van der Waals surface area contributed by atoms with Crippen molar-refractivity contribution in [2.75, 3.05) is 5.73 Å². The smallest absolute Gasteiger partial charge is 0.0400 e. The molecule has 0 fully saturated rings. The largest absolute Gasteiger partial charge is 0.398 e. The molecule has 0 bridgehead atoms. The monoisotopic (exact) mass is 293 g/mol. The van der Waals surface area contributed by atoms with Gasteiger partial charge in [0, 0.05) is 11.1 Å².